The molecule has 3 aromatic carbocycles. The molecule has 8 heteroatoms. The van der Waals surface area contributed by atoms with Crippen LogP contribution in [-0.2, 0) is 14.8 Å². The molecule has 3 aromatic rings. The first-order chi connectivity index (χ1) is 13.4. The summed E-state index contributed by atoms with van der Waals surface area (Å²) in [5.41, 5.74) is 0. The first kappa shape index (κ1) is 20.2. The van der Waals surface area contributed by atoms with Crippen LogP contribution in [0.15, 0.2) is 76.5 Å². The van der Waals surface area contributed by atoms with Crippen LogP contribution in [0.3, 0.4) is 0 Å². The first-order valence-corrected chi connectivity index (χ1v) is 11.0. The number of carboxylic acid groups (broad SMARTS) is 1. The molecule has 0 aromatic heterocycles. The molecule has 0 aliphatic heterocycles. The normalized spacial score (nSPS) is 11.4. The lowest BCUT2D eigenvalue weighted by atomic mass is 10.1. The minimum atomic E-state index is -3.57. The Balaban J connectivity index is 1.51. The van der Waals surface area contributed by atoms with E-state index >= 15 is 0 Å². The smallest absolute Gasteiger partial charge is 0.341 e. The summed E-state index contributed by atoms with van der Waals surface area (Å²) in [4.78, 5) is 11.7. The maximum absolute atomic E-state index is 12.5. The third kappa shape index (κ3) is 5.48. The Hall–Kier alpha value is -2.55. The van der Waals surface area contributed by atoms with Crippen molar-refractivity contribution in [1.82, 2.24) is 4.72 Å². The van der Waals surface area contributed by atoms with Crippen molar-refractivity contribution in [2.45, 2.75) is 9.79 Å². The summed E-state index contributed by atoms with van der Waals surface area (Å²) < 4.78 is 32.6. The minimum Gasteiger partial charge on any atom is -0.482 e. The van der Waals surface area contributed by atoms with E-state index in [4.69, 9.17) is 9.84 Å². The van der Waals surface area contributed by atoms with E-state index in [2.05, 4.69) is 4.72 Å². The zero-order valence-corrected chi connectivity index (χ0v) is 16.5. The number of nitrogens with one attached hydrogen (secondary N) is 1. The minimum absolute atomic E-state index is 0.246. The van der Waals surface area contributed by atoms with Gasteiger partial charge in [0.05, 0.1) is 4.90 Å². The molecule has 0 fully saturated rings. The highest BCUT2D eigenvalue weighted by molar-refractivity contribution is 7.99. The lowest BCUT2D eigenvalue weighted by Crippen LogP contribution is -2.26. The Labute approximate surface area is 167 Å². The third-order valence-electron chi connectivity index (χ3n) is 3.88. The van der Waals surface area contributed by atoms with Gasteiger partial charge in [0, 0.05) is 17.2 Å². The molecule has 6 nitrogen and oxygen atoms in total. The second kappa shape index (κ2) is 9.09. The molecule has 0 radical (unpaired) electrons. The Morgan fingerprint density at radius 1 is 1.00 bits per heavy atom. The highest BCUT2D eigenvalue weighted by Gasteiger charge is 2.13. The Morgan fingerprint density at radius 2 is 1.71 bits per heavy atom. The number of thioether (sulfide) groups is 1. The van der Waals surface area contributed by atoms with Crippen molar-refractivity contribution in [2.24, 2.45) is 0 Å². The van der Waals surface area contributed by atoms with E-state index in [1.54, 1.807) is 42.5 Å². The van der Waals surface area contributed by atoms with Crippen LogP contribution < -0.4 is 9.46 Å². The number of rotatable bonds is 9. The number of hydrogen-bond donors (Lipinski definition) is 2. The summed E-state index contributed by atoms with van der Waals surface area (Å²) in [6.07, 6.45) is 0. The summed E-state index contributed by atoms with van der Waals surface area (Å²) in [6, 6.07) is 19.7. The van der Waals surface area contributed by atoms with E-state index in [1.165, 1.54) is 11.8 Å². The predicted octanol–water partition coefficient (Wildman–Crippen LogP) is 3.37. The van der Waals surface area contributed by atoms with Crippen LogP contribution in [0.5, 0.6) is 5.75 Å². The summed E-state index contributed by atoms with van der Waals surface area (Å²) in [5, 5.41) is 10.5. The number of ether oxygens (including phenoxy) is 1. The summed E-state index contributed by atoms with van der Waals surface area (Å²) >= 11 is 1.49. The van der Waals surface area contributed by atoms with E-state index in [-0.39, 0.29) is 18.0 Å². The Morgan fingerprint density at radius 3 is 2.43 bits per heavy atom. The standard InChI is InChI=1S/C20H19NO5S2/c22-20(23)14-26-17-6-8-18(9-7-17)27-12-11-21-28(24,25)19-10-5-15-3-1-2-4-16(15)13-19/h1-10,13,21H,11-12,14H2,(H,22,23). The van der Waals surface area contributed by atoms with Crippen molar-refractivity contribution >= 4 is 38.5 Å². The van der Waals surface area contributed by atoms with E-state index < -0.39 is 16.0 Å². The van der Waals surface area contributed by atoms with Crippen molar-refractivity contribution < 1.29 is 23.1 Å². The highest BCUT2D eigenvalue weighted by atomic mass is 32.2. The number of carbonyl (C=O) groups is 1. The van der Waals surface area contributed by atoms with Crippen LogP contribution in [0.4, 0.5) is 0 Å². The molecule has 0 saturated carbocycles. The Bertz CT molecular complexity index is 1070. The molecule has 0 bridgehead atoms. The maximum Gasteiger partial charge on any atom is 0.341 e. The molecule has 0 saturated heterocycles. The largest absolute Gasteiger partial charge is 0.482 e. The van der Waals surface area contributed by atoms with Crippen LogP contribution in [0, 0.1) is 0 Å². The second-order valence-electron chi connectivity index (χ2n) is 5.91. The van der Waals surface area contributed by atoms with Gasteiger partial charge < -0.3 is 9.84 Å². The zero-order chi connectivity index (χ0) is 20.0. The van der Waals surface area contributed by atoms with Crippen molar-refractivity contribution in [3.05, 3.63) is 66.7 Å². The second-order valence-corrected chi connectivity index (χ2v) is 8.84. The zero-order valence-electron chi connectivity index (χ0n) is 14.9. The molecule has 0 amide bonds. The van der Waals surface area contributed by atoms with E-state index in [0.717, 1.165) is 15.7 Å². The average Bonchev–Trinajstić information content (AvgIpc) is 2.70. The number of fused-ring (bicyclic) bond motifs is 1. The molecule has 0 unspecified atom stereocenters. The molecular weight excluding hydrogens is 398 g/mol. The van der Waals surface area contributed by atoms with Gasteiger partial charge in [-0.05, 0) is 47.2 Å². The van der Waals surface area contributed by atoms with Crippen LogP contribution in [0.25, 0.3) is 10.8 Å². The van der Waals surface area contributed by atoms with Gasteiger partial charge in [-0.15, -0.1) is 11.8 Å². The molecule has 0 spiro atoms. The molecule has 0 atom stereocenters. The average molecular weight is 418 g/mol. The number of carboxylic acids is 1. The number of aliphatic carboxylic acids is 1. The first-order valence-electron chi connectivity index (χ1n) is 8.50. The summed E-state index contributed by atoms with van der Waals surface area (Å²) in [6.45, 7) is -0.0971. The van der Waals surface area contributed by atoms with Gasteiger partial charge in [0.2, 0.25) is 10.0 Å². The van der Waals surface area contributed by atoms with Gasteiger partial charge in [-0.1, -0.05) is 30.3 Å². The Kier molecular flexibility index (Phi) is 6.56. The van der Waals surface area contributed by atoms with Crippen molar-refractivity contribution in [1.29, 1.82) is 0 Å². The predicted molar refractivity (Wildman–Crippen MR) is 109 cm³/mol. The van der Waals surface area contributed by atoms with Crippen LogP contribution in [0.2, 0.25) is 0 Å². The lowest BCUT2D eigenvalue weighted by molar-refractivity contribution is -0.139. The summed E-state index contributed by atoms with van der Waals surface area (Å²) in [5.74, 6) is 0.00296. The number of sulfonamides is 1. The van der Waals surface area contributed by atoms with E-state index in [9.17, 15) is 13.2 Å². The molecular formula is C20H19NO5S2. The van der Waals surface area contributed by atoms with Crippen molar-refractivity contribution in [3.8, 4) is 5.75 Å². The fourth-order valence-corrected chi connectivity index (χ4v) is 4.50. The van der Waals surface area contributed by atoms with E-state index in [1.807, 2.05) is 24.3 Å². The van der Waals surface area contributed by atoms with Crippen LogP contribution >= 0.6 is 11.8 Å². The monoisotopic (exact) mass is 417 g/mol. The van der Waals surface area contributed by atoms with Gasteiger partial charge in [-0.25, -0.2) is 17.9 Å². The van der Waals surface area contributed by atoms with Gasteiger partial charge in [0.25, 0.3) is 0 Å². The highest BCUT2D eigenvalue weighted by Crippen LogP contribution is 2.22. The molecule has 146 valence electrons. The van der Waals surface area contributed by atoms with Gasteiger partial charge >= 0.3 is 5.97 Å². The third-order valence-corrected chi connectivity index (χ3v) is 6.35. The molecule has 28 heavy (non-hydrogen) atoms. The van der Waals surface area contributed by atoms with Gasteiger partial charge in [-0.3, -0.25) is 0 Å². The van der Waals surface area contributed by atoms with Gasteiger partial charge in [0.15, 0.2) is 6.61 Å². The van der Waals surface area contributed by atoms with Gasteiger partial charge in [-0.2, -0.15) is 0 Å². The van der Waals surface area contributed by atoms with E-state index in [0.29, 0.717) is 11.5 Å². The molecule has 0 aliphatic carbocycles. The molecule has 3 rings (SSSR count). The topological polar surface area (TPSA) is 92.7 Å². The number of benzene rings is 3. The molecule has 2 N–H and O–H groups in total. The number of hydrogen-bond acceptors (Lipinski definition) is 5. The fraction of sp³-hybridized carbons (Fsp3) is 0.150. The van der Waals surface area contributed by atoms with Crippen LogP contribution in [0.1, 0.15) is 0 Å². The molecule has 0 heterocycles. The fourth-order valence-electron chi connectivity index (χ4n) is 2.54. The quantitative estimate of drug-likeness (QED) is 0.410. The SMILES string of the molecule is O=C(O)COc1ccc(SCCNS(=O)(=O)c2ccc3ccccc3c2)cc1. The van der Waals surface area contributed by atoms with Crippen molar-refractivity contribution in [2.75, 3.05) is 18.9 Å². The molecule has 0 aliphatic rings. The van der Waals surface area contributed by atoms with Crippen molar-refractivity contribution in [3.63, 3.8) is 0 Å². The maximum atomic E-state index is 12.5. The van der Waals surface area contributed by atoms with Gasteiger partial charge in [0.1, 0.15) is 5.75 Å². The van der Waals surface area contributed by atoms with Crippen LogP contribution in [-0.4, -0.2) is 38.4 Å². The summed E-state index contributed by atoms with van der Waals surface area (Å²) in [7, 11) is -3.57. The lowest BCUT2D eigenvalue weighted by Gasteiger charge is -2.08.